The first-order valence-corrected chi connectivity index (χ1v) is 8.40. The second kappa shape index (κ2) is 10.3. The molecule has 0 spiro atoms. The summed E-state index contributed by atoms with van der Waals surface area (Å²) in [6.45, 7) is -0.683. The molecule has 1 aromatic carbocycles. The van der Waals surface area contributed by atoms with Gasteiger partial charge in [0.05, 0.1) is 17.9 Å². The van der Waals surface area contributed by atoms with Crippen molar-refractivity contribution in [2.24, 2.45) is 0 Å². The topological polar surface area (TPSA) is 105 Å². The molecule has 3 amide bonds. The first-order valence-electron chi connectivity index (χ1n) is 7.41. The summed E-state index contributed by atoms with van der Waals surface area (Å²) in [6.07, 6.45) is 0. The Bertz CT molecular complexity index is 648. The molecule has 0 unspecified atom stereocenters. The van der Waals surface area contributed by atoms with Gasteiger partial charge in [-0.1, -0.05) is 12.1 Å². The summed E-state index contributed by atoms with van der Waals surface area (Å²) >= 11 is 1.22. The van der Waals surface area contributed by atoms with Crippen LogP contribution in [-0.2, 0) is 19.1 Å². The van der Waals surface area contributed by atoms with E-state index in [9.17, 15) is 19.2 Å². The van der Waals surface area contributed by atoms with E-state index < -0.39 is 18.5 Å². The number of hydrogen-bond donors (Lipinski definition) is 2. The van der Waals surface area contributed by atoms with Gasteiger partial charge in [-0.3, -0.25) is 14.4 Å². The molecular weight excluding hydrogens is 346 g/mol. The highest BCUT2D eigenvalue weighted by molar-refractivity contribution is 8.00. The Morgan fingerprint density at radius 1 is 1.12 bits per heavy atom. The molecule has 136 valence electrons. The fourth-order valence-corrected chi connectivity index (χ4v) is 2.58. The maximum absolute atomic E-state index is 12.2. The van der Waals surface area contributed by atoms with E-state index in [-0.39, 0.29) is 29.7 Å². The average Bonchev–Trinajstić information content (AvgIpc) is 2.62. The quantitative estimate of drug-likeness (QED) is 0.491. The maximum atomic E-state index is 12.2. The zero-order valence-corrected chi connectivity index (χ0v) is 15.1. The van der Waals surface area contributed by atoms with Gasteiger partial charge in [-0.25, -0.2) is 4.79 Å². The summed E-state index contributed by atoms with van der Waals surface area (Å²) in [5.74, 6) is -1.50. The normalized spacial score (nSPS) is 9.88. The summed E-state index contributed by atoms with van der Waals surface area (Å²) in [4.78, 5) is 48.5. The second-order valence-corrected chi connectivity index (χ2v) is 6.12. The second-order valence-electron chi connectivity index (χ2n) is 5.10. The van der Waals surface area contributed by atoms with Crippen molar-refractivity contribution in [1.29, 1.82) is 0 Å². The number of hydrogen-bond acceptors (Lipinski definition) is 6. The van der Waals surface area contributed by atoms with E-state index in [4.69, 9.17) is 4.74 Å². The maximum Gasteiger partial charge on any atom is 0.339 e. The summed E-state index contributed by atoms with van der Waals surface area (Å²) in [5, 5.41) is 4.68. The molecule has 1 aromatic rings. The predicted octanol–water partition coefficient (Wildman–Crippen LogP) is -0.114. The van der Waals surface area contributed by atoms with Crippen LogP contribution in [0, 0.1) is 0 Å². The van der Waals surface area contributed by atoms with Gasteiger partial charge in [-0.05, 0) is 12.1 Å². The highest BCUT2D eigenvalue weighted by Gasteiger charge is 2.16. The number of rotatable bonds is 8. The lowest BCUT2D eigenvalue weighted by atomic mass is 10.2. The van der Waals surface area contributed by atoms with E-state index in [0.717, 1.165) is 0 Å². The lowest BCUT2D eigenvalue weighted by Gasteiger charge is -2.12. The highest BCUT2D eigenvalue weighted by atomic mass is 32.2. The number of carbonyl (C=O) groups excluding carboxylic acids is 4. The van der Waals surface area contributed by atoms with Crippen LogP contribution in [0.15, 0.2) is 29.2 Å². The molecule has 0 fully saturated rings. The Balaban J connectivity index is 2.59. The minimum absolute atomic E-state index is 0.0817. The molecule has 2 N–H and O–H groups in total. The van der Waals surface area contributed by atoms with Crippen molar-refractivity contribution < 1.29 is 23.9 Å². The van der Waals surface area contributed by atoms with Crippen LogP contribution in [0.5, 0.6) is 0 Å². The first-order chi connectivity index (χ1) is 11.8. The molecule has 0 aliphatic heterocycles. The van der Waals surface area contributed by atoms with E-state index in [1.165, 1.54) is 23.7 Å². The van der Waals surface area contributed by atoms with Crippen molar-refractivity contribution in [2.75, 3.05) is 40.0 Å². The molecule has 0 atom stereocenters. The zero-order chi connectivity index (χ0) is 18.8. The molecule has 9 heteroatoms. The molecule has 1 rings (SSSR count). The molecule has 25 heavy (non-hydrogen) atoms. The van der Waals surface area contributed by atoms with Gasteiger partial charge in [0, 0.05) is 26.0 Å². The minimum atomic E-state index is -0.671. The number of nitrogens with one attached hydrogen (secondary N) is 2. The lowest BCUT2D eigenvalue weighted by Crippen LogP contribution is -2.37. The average molecular weight is 367 g/mol. The van der Waals surface area contributed by atoms with Crippen LogP contribution in [0.2, 0.25) is 0 Å². The molecule has 0 bridgehead atoms. The summed E-state index contributed by atoms with van der Waals surface area (Å²) < 4.78 is 4.96. The number of nitrogens with zero attached hydrogens (tertiary/aromatic N) is 1. The number of ether oxygens (including phenoxy) is 1. The molecule has 8 nitrogen and oxygen atoms in total. The van der Waals surface area contributed by atoms with Crippen molar-refractivity contribution in [3.63, 3.8) is 0 Å². The molecular formula is C16H21N3O5S. The first kappa shape index (κ1) is 20.5. The highest BCUT2D eigenvalue weighted by Crippen LogP contribution is 2.23. The number of esters is 1. The Hall–Kier alpha value is -2.55. The van der Waals surface area contributed by atoms with Crippen LogP contribution in [0.1, 0.15) is 10.4 Å². The molecule has 0 aliphatic rings. The van der Waals surface area contributed by atoms with E-state index in [0.29, 0.717) is 4.90 Å². The van der Waals surface area contributed by atoms with Gasteiger partial charge in [-0.2, -0.15) is 0 Å². The number of carbonyl (C=O) groups is 4. The van der Waals surface area contributed by atoms with Crippen LogP contribution < -0.4 is 10.6 Å². The largest absolute Gasteiger partial charge is 0.452 e. The van der Waals surface area contributed by atoms with Crippen molar-refractivity contribution in [3.05, 3.63) is 29.8 Å². The lowest BCUT2D eigenvalue weighted by molar-refractivity contribution is -0.127. The third-order valence-corrected chi connectivity index (χ3v) is 4.07. The predicted molar refractivity (Wildman–Crippen MR) is 93.2 cm³/mol. The fraction of sp³-hybridized carbons (Fsp3) is 0.375. The van der Waals surface area contributed by atoms with E-state index in [2.05, 4.69) is 10.6 Å². The number of benzene rings is 1. The number of likely N-dealkylation sites (N-methyl/N-ethyl adjacent to an activating group) is 1. The van der Waals surface area contributed by atoms with E-state index in [1.807, 2.05) is 0 Å². The van der Waals surface area contributed by atoms with Crippen LogP contribution in [0.3, 0.4) is 0 Å². The van der Waals surface area contributed by atoms with Crippen molar-refractivity contribution in [1.82, 2.24) is 15.5 Å². The molecule has 0 saturated heterocycles. The van der Waals surface area contributed by atoms with Gasteiger partial charge in [0.15, 0.2) is 6.61 Å². The molecule has 0 aliphatic carbocycles. The fourth-order valence-electron chi connectivity index (χ4n) is 1.56. The third kappa shape index (κ3) is 7.25. The number of amides is 3. The molecule has 0 radical (unpaired) electrons. The smallest absolute Gasteiger partial charge is 0.339 e. The van der Waals surface area contributed by atoms with E-state index in [1.54, 1.807) is 38.4 Å². The standard InChI is InChI=1S/C16H21N3O5S/c1-17-13(20)8-18-14(21)9-24-16(23)11-6-4-5-7-12(11)25-10-15(22)19(2)3/h4-7H,8-10H2,1-3H3,(H,17,20)(H,18,21). The van der Waals surface area contributed by atoms with Crippen LogP contribution >= 0.6 is 11.8 Å². The Morgan fingerprint density at radius 3 is 2.44 bits per heavy atom. The van der Waals surface area contributed by atoms with Gasteiger partial charge < -0.3 is 20.3 Å². The number of thioether (sulfide) groups is 1. The van der Waals surface area contributed by atoms with Crippen molar-refractivity contribution in [2.45, 2.75) is 4.90 Å². The molecule has 0 heterocycles. The van der Waals surface area contributed by atoms with Crippen molar-refractivity contribution in [3.8, 4) is 0 Å². The van der Waals surface area contributed by atoms with Gasteiger partial charge in [0.2, 0.25) is 11.8 Å². The SMILES string of the molecule is CNC(=O)CNC(=O)COC(=O)c1ccccc1SCC(=O)N(C)C. The monoisotopic (exact) mass is 367 g/mol. The summed E-state index contributed by atoms with van der Waals surface area (Å²) in [7, 11) is 4.76. The third-order valence-electron chi connectivity index (χ3n) is 3.02. The summed E-state index contributed by atoms with van der Waals surface area (Å²) in [5.41, 5.74) is 0.276. The van der Waals surface area contributed by atoms with Crippen LogP contribution in [0.25, 0.3) is 0 Å². The Morgan fingerprint density at radius 2 is 1.80 bits per heavy atom. The van der Waals surface area contributed by atoms with Gasteiger partial charge in [0.1, 0.15) is 0 Å². The zero-order valence-electron chi connectivity index (χ0n) is 14.3. The van der Waals surface area contributed by atoms with E-state index >= 15 is 0 Å². The molecule has 0 aromatic heterocycles. The van der Waals surface area contributed by atoms with Gasteiger partial charge >= 0.3 is 5.97 Å². The Labute approximate surface area is 150 Å². The Kier molecular flexibility index (Phi) is 8.48. The van der Waals surface area contributed by atoms with Crippen LogP contribution in [-0.4, -0.2) is 68.6 Å². The van der Waals surface area contributed by atoms with Gasteiger partial charge in [0.25, 0.3) is 5.91 Å². The van der Waals surface area contributed by atoms with Gasteiger partial charge in [-0.15, -0.1) is 11.8 Å². The molecule has 0 saturated carbocycles. The van der Waals surface area contributed by atoms with Crippen LogP contribution in [0.4, 0.5) is 0 Å². The van der Waals surface area contributed by atoms with Crippen molar-refractivity contribution >= 4 is 35.5 Å². The summed E-state index contributed by atoms with van der Waals surface area (Å²) in [6, 6.07) is 6.68. The minimum Gasteiger partial charge on any atom is -0.452 e.